The minimum Gasteiger partial charge on any atom is -0.497 e. The predicted molar refractivity (Wildman–Crippen MR) is 319 cm³/mol. The highest BCUT2D eigenvalue weighted by Crippen LogP contribution is 2.31. The number of likely N-dealkylation sites (N-methyl/N-ethyl adjacent to an activating group) is 2. The fourth-order valence-corrected chi connectivity index (χ4v) is 12.8. The number of urea groups is 2. The van der Waals surface area contributed by atoms with Crippen molar-refractivity contribution in [1.29, 1.82) is 0 Å². The van der Waals surface area contributed by atoms with Gasteiger partial charge in [0.15, 0.2) is 23.5 Å². The summed E-state index contributed by atoms with van der Waals surface area (Å²) in [5.41, 5.74) is -0.497. The summed E-state index contributed by atoms with van der Waals surface area (Å²) in [6.45, 7) is 7.44. The van der Waals surface area contributed by atoms with Crippen molar-refractivity contribution < 1.29 is 53.4 Å². The molecule has 5 aromatic rings. The van der Waals surface area contributed by atoms with E-state index in [0.717, 1.165) is 92.0 Å². The van der Waals surface area contributed by atoms with Crippen LogP contribution < -0.4 is 30.7 Å². The summed E-state index contributed by atoms with van der Waals surface area (Å²) in [6.07, 6.45) is 6.25. The lowest BCUT2D eigenvalue weighted by Gasteiger charge is -2.33. The number of ether oxygens (including phenoxy) is 2. The van der Waals surface area contributed by atoms with E-state index in [1.807, 2.05) is 42.3 Å². The van der Waals surface area contributed by atoms with Crippen LogP contribution in [-0.4, -0.2) is 198 Å². The standard InChI is InChI=1S/C25H26N6O5S.C15H13N3O4.C10H14BrN3OS.C5H3BrOS/c1-29-9-11-30(12-10-29)21(28-35)20-6-5-18(37-20)7-8-25(23(33)26-24(34)27-25)15-31-14-16-3-4-17(36-2)13-19(16)22(31)32;1-3-15(13(20)16-14(21)17-15)8-18-7-9-4-5-10(22-2)6-11(9)12(18)19;1-13-4-6-14(7-5-13)10(12-15)8-2-3-9(11)16-8;6-5-2-1-4(3-7)8-5/h3-6,13,35H,9-12,14-15H2,1-2H3,(H2,26,27,33,34);1,4-6H,7-8H2,2H3,(H2,16,17,20,21);2-3,15H,4-7H2,1H3;1-3H/t25-;15-;;/m11../s1. The second-order valence-electron chi connectivity index (χ2n) is 19.3. The molecule has 4 saturated heterocycles. The van der Waals surface area contributed by atoms with Crippen LogP contribution in [0.2, 0.25) is 0 Å². The molecule has 6 N–H and O–H groups in total. The molecule has 434 valence electrons. The zero-order valence-corrected chi connectivity index (χ0v) is 50.8. The third-order valence-electron chi connectivity index (χ3n) is 13.9. The Morgan fingerprint density at radius 3 is 1.51 bits per heavy atom. The second kappa shape index (κ2) is 27.0. The highest BCUT2D eigenvalue weighted by molar-refractivity contribution is 9.11. The zero-order valence-electron chi connectivity index (χ0n) is 45.2. The Morgan fingerprint density at radius 2 is 1.11 bits per heavy atom. The van der Waals surface area contributed by atoms with E-state index in [9.17, 15) is 38.8 Å². The SMILES string of the molecule is C#C[C@]1(CN2Cc3ccc(OC)cc3C2=O)NC(=O)NC1=O.CN1CCN(C(=NO)c2ccc(Br)s2)CC1.COc1ccc2c(c1)C(=O)N(C[C@@]1(C#Cc3ccc(C(=NO)N4CCN(C)CC4)s3)NC(=O)NC1=O)C2.O=Cc1ccc(Br)s1. The molecule has 6 aliphatic heterocycles. The summed E-state index contributed by atoms with van der Waals surface area (Å²) < 4.78 is 12.4. The first-order chi connectivity index (χ1) is 39.8. The van der Waals surface area contributed by atoms with E-state index >= 15 is 0 Å². The Balaban J connectivity index is 0.000000165. The monoisotopic (exact) mass is 1310 g/mol. The van der Waals surface area contributed by atoms with Crippen LogP contribution in [0, 0.1) is 24.2 Å². The van der Waals surface area contributed by atoms with Gasteiger partial charge in [-0.25, -0.2) is 9.59 Å². The molecule has 6 aliphatic rings. The molecule has 0 bridgehead atoms. The lowest BCUT2D eigenvalue weighted by atomic mass is 9.99. The lowest BCUT2D eigenvalue weighted by molar-refractivity contribution is -0.123. The van der Waals surface area contributed by atoms with Gasteiger partial charge in [0.2, 0.25) is 5.54 Å². The van der Waals surface area contributed by atoms with E-state index < -0.39 is 35.0 Å². The summed E-state index contributed by atoms with van der Waals surface area (Å²) in [7, 11) is 7.20. The predicted octanol–water partition coefficient (Wildman–Crippen LogP) is 4.80. The maximum atomic E-state index is 13.1. The van der Waals surface area contributed by atoms with Crippen LogP contribution >= 0.6 is 65.9 Å². The van der Waals surface area contributed by atoms with Gasteiger partial charge in [-0.3, -0.25) is 34.6 Å². The van der Waals surface area contributed by atoms with Crippen molar-refractivity contribution in [2.24, 2.45) is 10.3 Å². The molecule has 0 unspecified atom stereocenters. The number of rotatable bonds is 9. The van der Waals surface area contributed by atoms with E-state index in [4.69, 9.17) is 21.1 Å². The van der Waals surface area contributed by atoms with Gasteiger partial charge in [-0.1, -0.05) is 40.2 Å². The molecule has 4 fully saturated rings. The van der Waals surface area contributed by atoms with Gasteiger partial charge < -0.3 is 59.9 Å². The zero-order chi connectivity index (χ0) is 59.6. The number of hydrogen-bond donors (Lipinski definition) is 6. The lowest BCUT2D eigenvalue weighted by Crippen LogP contribution is -2.54. The summed E-state index contributed by atoms with van der Waals surface area (Å²) in [4.78, 5) is 98.4. The maximum Gasteiger partial charge on any atom is 0.323 e. The smallest absolute Gasteiger partial charge is 0.323 e. The highest BCUT2D eigenvalue weighted by Gasteiger charge is 2.49. The van der Waals surface area contributed by atoms with Crippen molar-refractivity contribution in [1.82, 2.24) is 50.7 Å². The fraction of sp³-hybridized carbons (Fsp3) is 0.327. The van der Waals surface area contributed by atoms with Crippen LogP contribution in [0.15, 0.2) is 90.7 Å². The molecular weight excluding hydrogens is 1260 g/mol. The van der Waals surface area contributed by atoms with E-state index in [1.54, 1.807) is 53.8 Å². The van der Waals surface area contributed by atoms with E-state index in [0.29, 0.717) is 45.7 Å². The van der Waals surface area contributed by atoms with Crippen LogP contribution in [0.25, 0.3) is 0 Å². The number of amides is 8. The van der Waals surface area contributed by atoms with Gasteiger partial charge in [0.1, 0.15) is 11.5 Å². The number of thiophene rings is 3. The minimum atomic E-state index is -1.60. The number of hydrogen-bond acceptors (Lipinski definition) is 18. The first kappa shape index (κ1) is 61.2. The van der Waals surface area contributed by atoms with Gasteiger partial charge in [0.25, 0.3) is 23.6 Å². The molecule has 0 aliphatic carbocycles. The number of terminal acetylenes is 1. The van der Waals surface area contributed by atoms with Gasteiger partial charge in [-0.15, -0.1) is 40.4 Å². The van der Waals surface area contributed by atoms with Crippen molar-refractivity contribution >= 4 is 120 Å². The van der Waals surface area contributed by atoms with Gasteiger partial charge >= 0.3 is 12.1 Å². The van der Waals surface area contributed by atoms with E-state index in [1.165, 1.54) is 46.7 Å². The van der Waals surface area contributed by atoms with Gasteiger partial charge in [0, 0.05) is 76.6 Å². The maximum absolute atomic E-state index is 13.1. The summed E-state index contributed by atoms with van der Waals surface area (Å²) >= 11 is 11.0. The molecule has 8 amide bonds. The Morgan fingerprint density at radius 1 is 0.651 bits per heavy atom. The quantitative estimate of drug-likeness (QED) is 0.0220. The Hall–Kier alpha value is -7.83. The number of aldehydes is 1. The van der Waals surface area contributed by atoms with Crippen molar-refractivity contribution in [3.63, 3.8) is 0 Å². The Labute approximate surface area is 506 Å². The third kappa shape index (κ3) is 14.3. The molecule has 0 radical (unpaired) electrons. The number of carbonyl (C=O) groups excluding carboxylic acids is 7. The topological polar surface area (TPSA) is 271 Å². The van der Waals surface area contributed by atoms with Crippen LogP contribution in [0.5, 0.6) is 11.5 Å². The number of halogens is 2. The molecule has 83 heavy (non-hydrogen) atoms. The molecule has 2 atom stereocenters. The molecule has 0 saturated carbocycles. The highest BCUT2D eigenvalue weighted by atomic mass is 79.9. The molecular formula is C55H56Br2N12O11S3. The van der Waals surface area contributed by atoms with Crippen LogP contribution in [0.3, 0.4) is 0 Å². The van der Waals surface area contributed by atoms with Gasteiger partial charge in [-0.2, -0.15) is 0 Å². The molecule has 28 heteroatoms. The van der Waals surface area contributed by atoms with E-state index in [-0.39, 0.29) is 31.4 Å². The fourth-order valence-electron chi connectivity index (χ4n) is 9.34. The number of benzene rings is 2. The number of imide groups is 2. The Kier molecular flexibility index (Phi) is 20.0. The number of piperazine rings is 2. The molecule has 23 nitrogen and oxygen atoms in total. The second-order valence-corrected chi connectivity index (χ2v) is 25.4. The van der Waals surface area contributed by atoms with Crippen molar-refractivity contribution in [2.45, 2.75) is 24.2 Å². The number of methoxy groups -OCH3 is 2. The number of nitrogens with zero attached hydrogens (tertiary/aromatic N) is 8. The number of nitrogens with one attached hydrogen (secondary N) is 4. The number of oxime groups is 2. The Bertz CT molecular complexity index is 3480. The normalized spacial score (nSPS) is 20.4. The average molecular weight is 1320 g/mol. The van der Waals surface area contributed by atoms with Crippen LogP contribution in [-0.2, 0) is 22.7 Å². The van der Waals surface area contributed by atoms with Gasteiger partial charge in [-0.05, 0) is 118 Å². The molecule has 11 rings (SSSR count). The largest absolute Gasteiger partial charge is 0.497 e. The first-order valence-electron chi connectivity index (χ1n) is 25.4. The van der Waals surface area contributed by atoms with Crippen LogP contribution in [0.4, 0.5) is 9.59 Å². The average Bonchev–Trinajstić information content (AvgIpc) is 4.10. The number of fused-ring (bicyclic) bond motifs is 2. The summed E-state index contributed by atoms with van der Waals surface area (Å²) in [5, 5.41) is 35.1. The third-order valence-corrected chi connectivity index (χ3v) is 18.1. The van der Waals surface area contributed by atoms with Crippen molar-refractivity contribution in [3.8, 4) is 35.7 Å². The molecule has 9 heterocycles. The molecule has 3 aromatic heterocycles. The summed E-state index contributed by atoms with van der Waals surface area (Å²) in [6, 6.07) is 20.3. The van der Waals surface area contributed by atoms with Crippen molar-refractivity contribution in [3.05, 3.63) is 122 Å². The molecule has 2 aromatic carbocycles. The van der Waals surface area contributed by atoms with E-state index in [2.05, 4.69) is 103 Å². The number of carbonyl (C=O) groups is 7. The minimum absolute atomic E-state index is 0.0864. The first-order valence-corrected chi connectivity index (χ1v) is 29.5. The van der Waals surface area contributed by atoms with Crippen molar-refractivity contribution in [2.75, 3.05) is 93.8 Å². The summed E-state index contributed by atoms with van der Waals surface area (Å²) in [5.74, 6) is 8.74. The van der Waals surface area contributed by atoms with Crippen LogP contribution in [0.1, 0.15) is 56.1 Å². The van der Waals surface area contributed by atoms with Gasteiger partial charge in [0.05, 0.1) is 54.4 Å². The number of amidine groups is 2. The molecule has 0 spiro atoms.